The molecule has 0 unspecified atom stereocenters. The van der Waals surface area contributed by atoms with Crippen molar-refractivity contribution in [3.05, 3.63) is 34.1 Å². The molecule has 102 valence electrons. The molecule has 18 heavy (non-hydrogen) atoms. The van der Waals surface area contributed by atoms with Gasteiger partial charge in [-0.15, -0.1) is 0 Å². The van der Waals surface area contributed by atoms with Crippen molar-refractivity contribution in [2.45, 2.75) is 26.8 Å². The number of hydrogen-bond donors (Lipinski definition) is 1. The zero-order chi connectivity index (χ0) is 13.6. The van der Waals surface area contributed by atoms with Crippen LogP contribution in [0.2, 0.25) is 0 Å². The van der Waals surface area contributed by atoms with Gasteiger partial charge in [0.05, 0.1) is 4.47 Å². The summed E-state index contributed by atoms with van der Waals surface area (Å²) in [6.07, 6.45) is 1.01. The van der Waals surface area contributed by atoms with Crippen molar-refractivity contribution in [3.8, 4) is 0 Å². The van der Waals surface area contributed by atoms with Crippen LogP contribution in [0.1, 0.15) is 25.8 Å². The normalized spacial score (nSPS) is 11.8. The van der Waals surface area contributed by atoms with Crippen LogP contribution in [-0.4, -0.2) is 20.3 Å². The Morgan fingerprint density at radius 1 is 1.39 bits per heavy atom. The van der Waals surface area contributed by atoms with E-state index in [1.807, 2.05) is 6.07 Å². The van der Waals surface area contributed by atoms with Gasteiger partial charge in [0.1, 0.15) is 5.82 Å². The number of rotatable bonds is 7. The molecule has 0 aliphatic heterocycles. The van der Waals surface area contributed by atoms with Crippen molar-refractivity contribution < 1.29 is 9.13 Å². The molecule has 2 nitrogen and oxygen atoms in total. The van der Waals surface area contributed by atoms with Gasteiger partial charge in [0.25, 0.3) is 0 Å². The standard InChI is InChI=1S/C14H21BrFNO/c1-14(2,6-7-18-3)10-17-9-11-4-5-12(15)13(16)8-11/h4-5,8,17H,6-7,9-10H2,1-3H3. The fourth-order valence-corrected chi connectivity index (χ4v) is 1.91. The van der Waals surface area contributed by atoms with E-state index in [1.54, 1.807) is 19.2 Å². The van der Waals surface area contributed by atoms with Gasteiger partial charge in [-0.3, -0.25) is 0 Å². The quantitative estimate of drug-likeness (QED) is 0.827. The molecule has 0 spiro atoms. The second-order valence-electron chi connectivity index (χ2n) is 5.26. The maximum absolute atomic E-state index is 13.3. The summed E-state index contributed by atoms with van der Waals surface area (Å²) in [5.74, 6) is -0.215. The van der Waals surface area contributed by atoms with Crippen LogP contribution in [0.15, 0.2) is 22.7 Å². The molecule has 0 radical (unpaired) electrons. The molecule has 0 fully saturated rings. The largest absolute Gasteiger partial charge is 0.385 e. The van der Waals surface area contributed by atoms with Gasteiger partial charge in [-0.2, -0.15) is 0 Å². The Hall–Kier alpha value is -0.450. The zero-order valence-corrected chi connectivity index (χ0v) is 12.8. The average Bonchev–Trinajstić information content (AvgIpc) is 2.31. The first-order valence-electron chi connectivity index (χ1n) is 6.08. The molecule has 0 bridgehead atoms. The lowest BCUT2D eigenvalue weighted by Gasteiger charge is -2.24. The second kappa shape index (κ2) is 7.22. The molecular weight excluding hydrogens is 297 g/mol. The Labute approximate surface area is 117 Å². The van der Waals surface area contributed by atoms with Gasteiger partial charge in [-0.25, -0.2) is 4.39 Å². The van der Waals surface area contributed by atoms with Crippen LogP contribution in [0.5, 0.6) is 0 Å². The summed E-state index contributed by atoms with van der Waals surface area (Å²) in [4.78, 5) is 0. The van der Waals surface area contributed by atoms with E-state index in [-0.39, 0.29) is 11.2 Å². The third-order valence-electron chi connectivity index (χ3n) is 2.90. The fourth-order valence-electron chi connectivity index (χ4n) is 1.66. The zero-order valence-electron chi connectivity index (χ0n) is 11.2. The summed E-state index contributed by atoms with van der Waals surface area (Å²) in [6, 6.07) is 5.21. The lowest BCUT2D eigenvalue weighted by atomic mass is 9.89. The van der Waals surface area contributed by atoms with E-state index in [0.29, 0.717) is 11.0 Å². The minimum absolute atomic E-state index is 0.184. The van der Waals surface area contributed by atoms with Crippen LogP contribution in [0.4, 0.5) is 4.39 Å². The first kappa shape index (κ1) is 15.6. The van der Waals surface area contributed by atoms with E-state index < -0.39 is 0 Å². The smallest absolute Gasteiger partial charge is 0.137 e. The number of methoxy groups -OCH3 is 1. The molecule has 0 aliphatic rings. The van der Waals surface area contributed by atoms with Crippen LogP contribution in [-0.2, 0) is 11.3 Å². The number of nitrogens with one attached hydrogen (secondary N) is 1. The molecule has 0 saturated heterocycles. The Kier molecular flexibility index (Phi) is 6.26. The molecule has 0 amide bonds. The summed E-state index contributed by atoms with van der Waals surface area (Å²) < 4.78 is 18.9. The van der Waals surface area contributed by atoms with Crippen molar-refractivity contribution in [1.29, 1.82) is 0 Å². The van der Waals surface area contributed by atoms with Gasteiger partial charge < -0.3 is 10.1 Å². The number of ether oxygens (including phenoxy) is 1. The maximum atomic E-state index is 13.3. The molecule has 1 aromatic rings. The predicted octanol–water partition coefficient (Wildman–Crippen LogP) is 3.74. The summed E-state index contributed by atoms with van der Waals surface area (Å²) >= 11 is 3.15. The lowest BCUT2D eigenvalue weighted by Crippen LogP contribution is -2.30. The minimum Gasteiger partial charge on any atom is -0.385 e. The average molecular weight is 318 g/mol. The first-order chi connectivity index (χ1) is 8.44. The van der Waals surface area contributed by atoms with Crippen molar-refractivity contribution in [1.82, 2.24) is 5.32 Å². The van der Waals surface area contributed by atoms with Gasteiger partial charge in [0.15, 0.2) is 0 Å². The highest BCUT2D eigenvalue weighted by molar-refractivity contribution is 9.10. The van der Waals surface area contributed by atoms with E-state index >= 15 is 0 Å². The van der Waals surface area contributed by atoms with E-state index in [2.05, 4.69) is 35.1 Å². The van der Waals surface area contributed by atoms with Gasteiger partial charge in [-0.05, 0) is 45.5 Å². The van der Waals surface area contributed by atoms with Crippen molar-refractivity contribution in [2.24, 2.45) is 5.41 Å². The number of halogens is 2. The molecule has 0 aliphatic carbocycles. The third-order valence-corrected chi connectivity index (χ3v) is 3.54. The highest BCUT2D eigenvalue weighted by Gasteiger charge is 2.16. The van der Waals surface area contributed by atoms with E-state index in [1.165, 1.54) is 0 Å². The molecule has 0 atom stereocenters. The molecule has 0 heterocycles. The van der Waals surface area contributed by atoms with Crippen LogP contribution >= 0.6 is 15.9 Å². The van der Waals surface area contributed by atoms with E-state index in [0.717, 1.165) is 25.1 Å². The van der Waals surface area contributed by atoms with Crippen molar-refractivity contribution in [2.75, 3.05) is 20.3 Å². The van der Waals surface area contributed by atoms with E-state index in [9.17, 15) is 4.39 Å². The topological polar surface area (TPSA) is 21.3 Å². The summed E-state index contributed by atoms with van der Waals surface area (Å²) in [5.41, 5.74) is 1.14. The van der Waals surface area contributed by atoms with Crippen molar-refractivity contribution in [3.63, 3.8) is 0 Å². The van der Waals surface area contributed by atoms with Gasteiger partial charge >= 0.3 is 0 Å². The highest BCUT2D eigenvalue weighted by Crippen LogP contribution is 2.19. The maximum Gasteiger partial charge on any atom is 0.137 e. The molecule has 1 N–H and O–H groups in total. The number of hydrogen-bond acceptors (Lipinski definition) is 2. The molecule has 1 aromatic carbocycles. The van der Waals surface area contributed by atoms with Crippen LogP contribution in [0, 0.1) is 11.2 Å². The van der Waals surface area contributed by atoms with Gasteiger partial charge in [-0.1, -0.05) is 19.9 Å². The number of benzene rings is 1. The van der Waals surface area contributed by atoms with Gasteiger partial charge in [0, 0.05) is 26.8 Å². The summed E-state index contributed by atoms with van der Waals surface area (Å²) in [7, 11) is 1.72. The Morgan fingerprint density at radius 3 is 2.72 bits per heavy atom. The summed E-state index contributed by atoms with van der Waals surface area (Å²) in [5, 5.41) is 3.36. The van der Waals surface area contributed by atoms with E-state index in [4.69, 9.17) is 4.74 Å². The Balaban J connectivity index is 2.39. The van der Waals surface area contributed by atoms with Crippen LogP contribution in [0.25, 0.3) is 0 Å². The van der Waals surface area contributed by atoms with Crippen LogP contribution < -0.4 is 5.32 Å². The van der Waals surface area contributed by atoms with Gasteiger partial charge in [0.2, 0.25) is 0 Å². The molecule has 4 heteroatoms. The summed E-state index contributed by atoms with van der Waals surface area (Å²) in [6.45, 7) is 6.72. The lowest BCUT2D eigenvalue weighted by molar-refractivity contribution is 0.150. The monoisotopic (exact) mass is 317 g/mol. The Bertz CT molecular complexity index is 382. The SMILES string of the molecule is COCCC(C)(C)CNCc1ccc(Br)c(F)c1. The third kappa shape index (κ3) is 5.46. The highest BCUT2D eigenvalue weighted by atomic mass is 79.9. The molecule has 0 saturated carbocycles. The molecule has 1 rings (SSSR count). The fraction of sp³-hybridized carbons (Fsp3) is 0.571. The Morgan fingerprint density at radius 2 is 2.11 bits per heavy atom. The minimum atomic E-state index is -0.215. The van der Waals surface area contributed by atoms with Crippen molar-refractivity contribution >= 4 is 15.9 Å². The predicted molar refractivity (Wildman–Crippen MR) is 76.1 cm³/mol. The van der Waals surface area contributed by atoms with Crippen LogP contribution in [0.3, 0.4) is 0 Å². The molecular formula is C14H21BrFNO. The molecule has 0 aromatic heterocycles. The first-order valence-corrected chi connectivity index (χ1v) is 6.87. The second-order valence-corrected chi connectivity index (χ2v) is 6.11.